The van der Waals surface area contributed by atoms with Gasteiger partial charge in [0.15, 0.2) is 0 Å². The Morgan fingerprint density at radius 2 is 1.75 bits per heavy atom. The molecule has 108 valence electrons. The van der Waals surface area contributed by atoms with Crippen molar-refractivity contribution in [3.8, 4) is 5.75 Å². The molecular formula is C13H19BN2O4. The largest absolute Gasteiger partial charge is 0.496 e. The van der Waals surface area contributed by atoms with E-state index in [-0.39, 0.29) is 5.75 Å². The maximum Gasteiger partial charge on any atom is 0.496 e. The standard InChI is InChI=1S/C13H19BN2O4/c1-12(2)13(3,4)20-14(19-12)9-6-5-8(7-10(9)15)18-11(16)17/h5-7H,15H2,1-4H3,(H2,16,17). The summed E-state index contributed by atoms with van der Waals surface area (Å²) in [5, 5.41) is 0. The summed E-state index contributed by atoms with van der Waals surface area (Å²) in [6.07, 6.45) is -0.882. The van der Waals surface area contributed by atoms with Crippen LogP contribution in [0.3, 0.4) is 0 Å². The number of benzene rings is 1. The first-order valence-electron chi connectivity index (χ1n) is 6.35. The molecule has 0 bridgehead atoms. The molecule has 0 atom stereocenters. The van der Waals surface area contributed by atoms with Gasteiger partial charge in [-0.05, 0) is 33.8 Å². The monoisotopic (exact) mass is 278 g/mol. The van der Waals surface area contributed by atoms with Crippen LogP contribution in [0.15, 0.2) is 18.2 Å². The molecule has 0 aliphatic carbocycles. The van der Waals surface area contributed by atoms with Crippen molar-refractivity contribution in [1.82, 2.24) is 0 Å². The van der Waals surface area contributed by atoms with Crippen LogP contribution in [0.25, 0.3) is 0 Å². The predicted octanol–water partition coefficient (Wildman–Crippen LogP) is 1.03. The highest BCUT2D eigenvalue weighted by molar-refractivity contribution is 6.63. The molecule has 0 aromatic heterocycles. The lowest BCUT2D eigenvalue weighted by molar-refractivity contribution is 0.00578. The lowest BCUT2D eigenvalue weighted by atomic mass is 9.78. The van der Waals surface area contributed by atoms with Crippen molar-refractivity contribution in [1.29, 1.82) is 0 Å². The van der Waals surface area contributed by atoms with Gasteiger partial charge in [-0.2, -0.15) is 0 Å². The average molecular weight is 278 g/mol. The Morgan fingerprint density at radius 1 is 1.20 bits per heavy atom. The number of ether oxygens (including phenoxy) is 1. The lowest BCUT2D eigenvalue weighted by Crippen LogP contribution is -2.41. The Balaban J connectivity index is 2.25. The van der Waals surface area contributed by atoms with E-state index in [0.29, 0.717) is 11.2 Å². The van der Waals surface area contributed by atoms with Crippen LogP contribution < -0.4 is 21.7 Å². The number of amides is 1. The molecule has 1 aromatic rings. The summed E-state index contributed by atoms with van der Waals surface area (Å²) in [5.41, 5.74) is 11.2. The van der Waals surface area contributed by atoms with Gasteiger partial charge in [-0.3, -0.25) is 0 Å². The van der Waals surface area contributed by atoms with E-state index < -0.39 is 24.4 Å². The van der Waals surface area contributed by atoms with E-state index in [0.717, 1.165) is 0 Å². The molecule has 1 aliphatic rings. The number of carbonyl (C=O) groups is 1. The van der Waals surface area contributed by atoms with Crippen LogP contribution in [0.1, 0.15) is 27.7 Å². The number of anilines is 1. The van der Waals surface area contributed by atoms with Gasteiger partial charge in [0.05, 0.1) is 11.2 Å². The molecule has 0 saturated carbocycles. The molecule has 6 nitrogen and oxygen atoms in total. The van der Waals surface area contributed by atoms with E-state index in [1.54, 1.807) is 12.1 Å². The normalized spacial score (nSPS) is 19.9. The third-order valence-corrected chi connectivity index (χ3v) is 3.78. The third-order valence-electron chi connectivity index (χ3n) is 3.78. The van der Waals surface area contributed by atoms with Crippen LogP contribution in [-0.4, -0.2) is 24.4 Å². The van der Waals surface area contributed by atoms with Gasteiger partial charge in [0, 0.05) is 17.2 Å². The number of hydrogen-bond donors (Lipinski definition) is 2. The molecule has 20 heavy (non-hydrogen) atoms. The maximum absolute atomic E-state index is 10.7. The summed E-state index contributed by atoms with van der Waals surface area (Å²) in [6, 6.07) is 4.82. The predicted molar refractivity (Wildman–Crippen MR) is 76.8 cm³/mol. The Kier molecular flexibility index (Phi) is 3.43. The minimum absolute atomic E-state index is 0.287. The molecule has 0 spiro atoms. The van der Waals surface area contributed by atoms with E-state index in [1.807, 2.05) is 27.7 Å². The van der Waals surface area contributed by atoms with Crippen molar-refractivity contribution in [2.45, 2.75) is 38.9 Å². The number of nitrogen functional groups attached to an aromatic ring is 1. The first-order chi connectivity index (χ1) is 9.12. The van der Waals surface area contributed by atoms with Crippen molar-refractivity contribution in [3.05, 3.63) is 18.2 Å². The van der Waals surface area contributed by atoms with Crippen molar-refractivity contribution < 1.29 is 18.8 Å². The Morgan fingerprint density at radius 3 is 2.20 bits per heavy atom. The fourth-order valence-electron chi connectivity index (χ4n) is 1.92. The molecule has 0 unspecified atom stereocenters. The molecular weight excluding hydrogens is 259 g/mol. The minimum atomic E-state index is -0.882. The average Bonchev–Trinajstić information content (AvgIpc) is 2.46. The second-order valence-corrected chi connectivity index (χ2v) is 5.80. The Labute approximate surface area is 118 Å². The second kappa shape index (κ2) is 4.68. The quantitative estimate of drug-likeness (QED) is 0.622. The van der Waals surface area contributed by atoms with Gasteiger partial charge < -0.3 is 25.5 Å². The number of primary amides is 1. The number of rotatable bonds is 2. The van der Waals surface area contributed by atoms with Crippen LogP contribution in [0.5, 0.6) is 5.75 Å². The summed E-state index contributed by atoms with van der Waals surface area (Å²) < 4.78 is 16.6. The van der Waals surface area contributed by atoms with Crippen LogP contribution in [0.4, 0.5) is 10.5 Å². The molecule has 1 heterocycles. The van der Waals surface area contributed by atoms with E-state index in [1.165, 1.54) is 6.07 Å². The molecule has 1 aliphatic heterocycles. The van der Waals surface area contributed by atoms with E-state index >= 15 is 0 Å². The highest BCUT2D eigenvalue weighted by Crippen LogP contribution is 2.37. The van der Waals surface area contributed by atoms with E-state index in [9.17, 15) is 4.79 Å². The van der Waals surface area contributed by atoms with Crippen LogP contribution in [0, 0.1) is 0 Å². The zero-order chi connectivity index (χ0) is 15.1. The first-order valence-corrected chi connectivity index (χ1v) is 6.35. The van der Waals surface area contributed by atoms with Crippen molar-refractivity contribution in [3.63, 3.8) is 0 Å². The smallest absolute Gasteiger partial charge is 0.410 e. The summed E-state index contributed by atoms with van der Waals surface area (Å²) in [7, 11) is -0.553. The molecule has 0 radical (unpaired) electrons. The molecule has 1 fully saturated rings. The number of carbonyl (C=O) groups excluding carboxylic acids is 1. The number of hydrogen-bond acceptors (Lipinski definition) is 5. The minimum Gasteiger partial charge on any atom is -0.410 e. The number of nitrogens with two attached hydrogens (primary N) is 2. The molecule has 1 saturated heterocycles. The summed E-state index contributed by atoms with van der Waals surface area (Å²) >= 11 is 0. The zero-order valence-electron chi connectivity index (χ0n) is 12.1. The van der Waals surface area contributed by atoms with Crippen LogP contribution in [0.2, 0.25) is 0 Å². The highest BCUT2D eigenvalue weighted by atomic mass is 16.7. The van der Waals surface area contributed by atoms with Crippen molar-refractivity contribution in [2.24, 2.45) is 5.73 Å². The van der Waals surface area contributed by atoms with Crippen LogP contribution >= 0.6 is 0 Å². The van der Waals surface area contributed by atoms with Gasteiger partial charge >= 0.3 is 13.2 Å². The second-order valence-electron chi connectivity index (χ2n) is 5.80. The molecule has 4 N–H and O–H groups in total. The Hall–Kier alpha value is -1.73. The summed E-state index contributed by atoms with van der Waals surface area (Å²) in [5.74, 6) is 0.287. The van der Waals surface area contributed by atoms with Gasteiger partial charge in [-0.1, -0.05) is 6.07 Å². The van der Waals surface area contributed by atoms with Gasteiger partial charge in [-0.15, -0.1) is 0 Å². The Bertz CT molecular complexity index is 529. The fourth-order valence-corrected chi connectivity index (χ4v) is 1.92. The summed E-state index contributed by atoms with van der Waals surface area (Å²) in [4.78, 5) is 10.7. The fraction of sp³-hybridized carbons (Fsp3) is 0.462. The topological polar surface area (TPSA) is 96.8 Å². The molecule has 1 aromatic carbocycles. The van der Waals surface area contributed by atoms with E-state index in [2.05, 4.69) is 0 Å². The van der Waals surface area contributed by atoms with Gasteiger partial charge in [0.25, 0.3) is 0 Å². The lowest BCUT2D eigenvalue weighted by Gasteiger charge is -2.32. The highest BCUT2D eigenvalue weighted by Gasteiger charge is 2.52. The van der Waals surface area contributed by atoms with Gasteiger partial charge in [0.1, 0.15) is 5.75 Å². The zero-order valence-corrected chi connectivity index (χ0v) is 12.1. The summed E-state index contributed by atoms with van der Waals surface area (Å²) in [6.45, 7) is 7.86. The molecule has 7 heteroatoms. The first kappa shape index (κ1) is 14.7. The van der Waals surface area contributed by atoms with Crippen molar-refractivity contribution >= 4 is 24.4 Å². The third kappa shape index (κ3) is 2.59. The maximum atomic E-state index is 10.7. The van der Waals surface area contributed by atoms with Gasteiger partial charge in [0.2, 0.25) is 0 Å². The van der Waals surface area contributed by atoms with E-state index in [4.69, 9.17) is 25.5 Å². The molecule has 1 amide bonds. The van der Waals surface area contributed by atoms with Gasteiger partial charge in [-0.25, -0.2) is 4.79 Å². The van der Waals surface area contributed by atoms with Crippen LogP contribution in [-0.2, 0) is 9.31 Å². The van der Waals surface area contributed by atoms with Crippen molar-refractivity contribution in [2.75, 3.05) is 5.73 Å². The molecule has 2 rings (SSSR count). The SMILES string of the molecule is CC1(C)OB(c2ccc(OC(N)=O)cc2N)OC1(C)C.